The molecule has 0 radical (unpaired) electrons. The van der Waals surface area contributed by atoms with Crippen LogP contribution in [0.2, 0.25) is 0 Å². The molecule has 1 aliphatic carbocycles. The Morgan fingerprint density at radius 1 is 0.958 bits per heavy atom. The summed E-state index contributed by atoms with van der Waals surface area (Å²) in [5.74, 6) is -0.0648. The van der Waals surface area contributed by atoms with E-state index in [1.807, 2.05) is 24.4 Å². The first-order valence-corrected chi connectivity index (χ1v) is 8.27. The Bertz CT molecular complexity index is 878. The van der Waals surface area contributed by atoms with E-state index in [1.54, 1.807) is 12.1 Å². The number of carbonyl (C=O) groups is 1. The molecule has 0 fully saturated rings. The van der Waals surface area contributed by atoms with Crippen molar-refractivity contribution in [2.45, 2.75) is 25.8 Å². The molecule has 2 nitrogen and oxygen atoms in total. The van der Waals surface area contributed by atoms with Gasteiger partial charge in [0.2, 0.25) is 0 Å². The Kier molecular flexibility index (Phi) is 3.77. The van der Waals surface area contributed by atoms with Crippen LogP contribution < -0.4 is 0 Å². The van der Waals surface area contributed by atoms with E-state index in [4.69, 9.17) is 0 Å². The number of Topliss-reactive ketones (excluding diaryl/α,β-unsaturated/α-hetero) is 1. The van der Waals surface area contributed by atoms with E-state index in [1.165, 1.54) is 17.7 Å². The highest BCUT2D eigenvalue weighted by atomic mass is 19.1. The van der Waals surface area contributed by atoms with E-state index in [0.717, 1.165) is 41.8 Å². The van der Waals surface area contributed by atoms with Gasteiger partial charge in [-0.15, -0.1) is 0 Å². The van der Waals surface area contributed by atoms with Crippen molar-refractivity contribution in [1.29, 1.82) is 0 Å². The zero-order chi connectivity index (χ0) is 16.5. The molecule has 0 bridgehead atoms. The molecule has 0 amide bonds. The SMILES string of the molecule is O=C1CCCc2c1c(-c1ccc(F)cc1)cn2Cc1ccccc1. The van der Waals surface area contributed by atoms with Crippen molar-refractivity contribution in [2.75, 3.05) is 0 Å². The summed E-state index contributed by atoms with van der Waals surface area (Å²) in [4.78, 5) is 12.5. The topological polar surface area (TPSA) is 22.0 Å². The van der Waals surface area contributed by atoms with E-state index in [2.05, 4.69) is 16.7 Å². The van der Waals surface area contributed by atoms with Crippen molar-refractivity contribution < 1.29 is 9.18 Å². The van der Waals surface area contributed by atoms with Gasteiger partial charge in [0.25, 0.3) is 0 Å². The molecule has 0 atom stereocenters. The maximum atomic E-state index is 13.2. The second kappa shape index (κ2) is 6.08. The first kappa shape index (κ1) is 14.9. The fourth-order valence-electron chi connectivity index (χ4n) is 3.49. The maximum absolute atomic E-state index is 13.2. The molecule has 1 aromatic heterocycles. The second-order valence-corrected chi connectivity index (χ2v) is 6.26. The number of fused-ring (bicyclic) bond motifs is 1. The van der Waals surface area contributed by atoms with Gasteiger partial charge >= 0.3 is 0 Å². The summed E-state index contributed by atoms with van der Waals surface area (Å²) in [6.07, 6.45) is 4.45. The van der Waals surface area contributed by atoms with Crippen molar-refractivity contribution >= 4 is 5.78 Å². The Morgan fingerprint density at radius 3 is 2.46 bits per heavy atom. The van der Waals surface area contributed by atoms with Crippen LogP contribution >= 0.6 is 0 Å². The third kappa shape index (κ3) is 2.67. The van der Waals surface area contributed by atoms with E-state index >= 15 is 0 Å². The van der Waals surface area contributed by atoms with Crippen LogP contribution in [0, 0.1) is 5.82 Å². The first-order valence-electron chi connectivity index (χ1n) is 8.27. The first-order chi connectivity index (χ1) is 11.7. The molecule has 120 valence electrons. The molecule has 3 aromatic rings. The number of nitrogens with zero attached hydrogens (tertiary/aromatic N) is 1. The Morgan fingerprint density at radius 2 is 1.71 bits per heavy atom. The van der Waals surface area contributed by atoms with Crippen LogP contribution in [0.3, 0.4) is 0 Å². The molecular weight excluding hydrogens is 301 g/mol. The molecule has 0 saturated heterocycles. The van der Waals surface area contributed by atoms with Crippen molar-refractivity contribution in [3.05, 3.63) is 83.4 Å². The average molecular weight is 319 g/mol. The average Bonchev–Trinajstić information content (AvgIpc) is 2.97. The molecule has 1 aliphatic rings. The lowest BCUT2D eigenvalue weighted by Crippen LogP contribution is -2.14. The molecule has 0 aliphatic heterocycles. The molecule has 3 heteroatoms. The summed E-state index contributed by atoms with van der Waals surface area (Å²) in [6, 6.07) is 16.6. The smallest absolute Gasteiger partial charge is 0.165 e. The number of halogens is 1. The predicted octanol–water partition coefficient (Wildman–Crippen LogP) is 4.86. The van der Waals surface area contributed by atoms with Crippen LogP contribution in [0.1, 0.15) is 34.5 Å². The minimum Gasteiger partial charge on any atom is -0.346 e. The summed E-state index contributed by atoms with van der Waals surface area (Å²) in [7, 11) is 0. The highest BCUT2D eigenvalue weighted by molar-refractivity contribution is 6.04. The maximum Gasteiger partial charge on any atom is 0.165 e. The Labute approximate surface area is 140 Å². The number of ketones is 1. The minimum absolute atomic E-state index is 0.197. The molecule has 0 N–H and O–H groups in total. The van der Waals surface area contributed by atoms with Crippen LogP contribution in [-0.2, 0) is 13.0 Å². The van der Waals surface area contributed by atoms with E-state index in [9.17, 15) is 9.18 Å². The summed E-state index contributed by atoms with van der Waals surface area (Å²) >= 11 is 0. The zero-order valence-electron chi connectivity index (χ0n) is 13.3. The summed E-state index contributed by atoms with van der Waals surface area (Å²) < 4.78 is 15.4. The van der Waals surface area contributed by atoms with E-state index < -0.39 is 0 Å². The fourth-order valence-corrected chi connectivity index (χ4v) is 3.49. The fraction of sp³-hybridized carbons (Fsp3) is 0.190. The monoisotopic (exact) mass is 319 g/mol. The van der Waals surface area contributed by atoms with Gasteiger partial charge in [-0.1, -0.05) is 42.5 Å². The lowest BCUT2D eigenvalue weighted by molar-refractivity contribution is 0.0972. The normalized spacial score (nSPS) is 13.8. The van der Waals surface area contributed by atoms with Crippen LogP contribution in [0.4, 0.5) is 4.39 Å². The molecule has 1 heterocycles. The highest BCUT2D eigenvalue weighted by Gasteiger charge is 2.26. The lowest BCUT2D eigenvalue weighted by atomic mass is 9.91. The van der Waals surface area contributed by atoms with Gasteiger partial charge in [0.1, 0.15) is 5.82 Å². The Balaban J connectivity index is 1.82. The van der Waals surface area contributed by atoms with Gasteiger partial charge in [0, 0.05) is 36.0 Å². The summed E-state index contributed by atoms with van der Waals surface area (Å²) in [5.41, 5.74) is 4.96. The number of aromatic nitrogens is 1. The molecule has 0 unspecified atom stereocenters. The van der Waals surface area contributed by atoms with Gasteiger partial charge in [-0.05, 0) is 36.1 Å². The van der Waals surface area contributed by atoms with Gasteiger partial charge in [-0.3, -0.25) is 4.79 Å². The van der Waals surface area contributed by atoms with Crippen LogP contribution in [-0.4, -0.2) is 10.4 Å². The highest BCUT2D eigenvalue weighted by Crippen LogP contribution is 2.34. The van der Waals surface area contributed by atoms with E-state index in [-0.39, 0.29) is 11.6 Å². The lowest BCUT2D eigenvalue weighted by Gasteiger charge is -2.15. The number of hydrogen-bond acceptors (Lipinski definition) is 1. The van der Waals surface area contributed by atoms with Crippen LogP contribution in [0.5, 0.6) is 0 Å². The van der Waals surface area contributed by atoms with Crippen molar-refractivity contribution in [2.24, 2.45) is 0 Å². The van der Waals surface area contributed by atoms with Crippen LogP contribution in [0.15, 0.2) is 60.8 Å². The number of hydrogen-bond donors (Lipinski definition) is 0. The summed E-state index contributed by atoms with van der Waals surface area (Å²) in [5, 5.41) is 0. The molecule has 0 saturated carbocycles. The van der Waals surface area contributed by atoms with Gasteiger partial charge < -0.3 is 4.57 Å². The molecule has 4 rings (SSSR count). The molecule has 0 spiro atoms. The van der Waals surface area contributed by atoms with Crippen LogP contribution in [0.25, 0.3) is 11.1 Å². The third-order valence-corrected chi connectivity index (χ3v) is 4.64. The standard InChI is InChI=1S/C21H18FNO/c22-17-11-9-16(10-12-17)18-14-23(13-15-5-2-1-3-6-15)19-7-4-8-20(24)21(18)19/h1-3,5-6,9-12,14H,4,7-8,13H2. The Hall–Kier alpha value is -2.68. The molecular formula is C21H18FNO. The van der Waals surface area contributed by atoms with Gasteiger partial charge in [0.15, 0.2) is 5.78 Å². The van der Waals surface area contributed by atoms with Crippen molar-refractivity contribution in [1.82, 2.24) is 4.57 Å². The van der Waals surface area contributed by atoms with Crippen molar-refractivity contribution in [3.8, 4) is 11.1 Å². The largest absolute Gasteiger partial charge is 0.346 e. The third-order valence-electron chi connectivity index (χ3n) is 4.64. The van der Waals surface area contributed by atoms with Crippen molar-refractivity contribution in [3.63, 3.8) is 0 Å². The quantitative estimate of drug-likeness (QED) is 0.675. The summed E-state index contributed by atoms with van der Waals surface area (Å²) in [6.45, 7) is 0.748. The number of benzene rings is 2. The molecule has 2 aromatic carbocycles. The van der Waals surface area contributed by atoms with Gasteiger partial charge in [-0.25, -0.2) is 4.39 Å². The molecule has 24 heavy (non-hydrogen) atoms. The zero-order valence-corrected chi connectivity index (χ0v) is 13.3. The van der Waals surface area contributed by atoms with Gasteiger partial charge in [0.05, 0.1) is 0 Å². The predicted molar refractivity (Wildman–Crippen MR) is 92.6 cm³/mol. The number of carbonyl (C=O) groups excluding carboxylic acids is 1. The van der Waals surface area contributed by atoms with Gasteiger partial charge in [-0.2, -0.15) is 0 Å². The number of rotatable bonds is 3. The minimum atomic E-state index is -0.261. The van der Waals surface area contributed by atoms with E-state index in [0.29, 0.717) is 6.42 Å². The second-order valence-electron chi connectivity index (χ2n) is 6.26.